The maximum atomic E-state index is 5.89. The Morgan fingerprint density at radius 1 is 1.27 bits per heavy atom. The zero-order valence-electron chi connectivity index (χ0n) is 9.25. The molecule has 0 aliphatic carbocycles. The van der Waals surface area contributed by atoms with E-state index in [9.17, 15) is 0 Å². The van der Waals surface area contributed by atoms with E-state index in [2.05, 4.69) is 0 Å². The van der Waals surface area contributed by atoms with Crippen molar-refractivity contribution in [1.29, 1.82) is 0 Å². The second kappa shape index (κ2) is 4.11. The number of hydrogen-bond acceptors (Lipinski definition) is 3. The molecule has 0 bridgehead atoms. The summed E-state index contributed by atoms with van der Waals surface area (Å²) in [5.74, 6) is 1.71. The second-order valence-corrected chi connectivity index (χ2v) is 3.95. The van der Waals surface area contributed by atoms with Crippen LogP contribution in [0.25, 0.3) is 0 Å². The lowest BCUT2D eigenvalue weighted by Gasteiger charge is -2.15. The van der Waals surface area contributed by atoms with Crippen LogP contribution in [0.2, 0.25) is 0 Å². The van der Waals surface area contributed by atoms with Gasteiger partial charge < -0.3 is 15.2 Å². The third kappa shape index (κ3) is 1.92. The summed E-state index contributed by atoms with van der Waals surface area (Å²) in [4.78, 5) is 0. The molecule has 1 heterocycles. The molecule has 0 saturated carbocycles. The van der Waals surface area contributed by atoms with Gasteiger partial charge in [0.05, 0.1) is 13.2 Å². The summed E-state index contributed by atoms with van der Waals surface area (Å²) in [6.45, 7) is 5.46. The van der Waals surface area contributed by atoms with Gasteiger partial charge in [-0.1, -0.05) is 6.07 Å². The summed E-state index contributed by atoms with van der Waals surface area (Å²) in [5, 5.41) is 0. The van der Waals surface area contributed by atoms with Crippen molar-refractivity contribution < 1.29 is 9.47 Å². The van der Waals surface area contributed by atoms with Gasteiger partial charge in [-0.25, -0.2) is 0 Å². The minimum atomic E-state index is 0.0298. The van der Waals surface area contributed by atoms with Crippen molar-refractivity contribution in [2.45, 2.75) is 26.3 Å². The molecule has 0 spiro atoms. The van der Waals surface area contributed by atoms with Gasteiger partial charge in [0.2, 0.25) is 0 Å². The van der Waals surface area contributed by atoms with Crippen LogP contribution in [0.3, 0.4) is 0 Å². The lowest BCUT2D eigenvalue weighted by Crippen LogP contribution is -2.08. The third-order valence-electron chi connectivity index (χ3n) is 2.69. The predicted octanol–water partition coefficient (Wildman–Crippen LogP) is 2.18. The van der Waals surface area contributed by atoms with E-state index in [4.69, 9.17) is 15.2 Å². The van der Waals surface area contributed by atoms with Gasteiger partial charge in [0.25, 0.3) is 0 Å². The summed E-state index contributed by atoms with van der Waals surface area (Å²) < 4.78 is 11.3. The molecule has 1 aliphatic rings. The van der Waals surface area contributed by atoms with Crippen LogP contribution < -0.4 is 15.2 Å². The number of fused-ring (bicyclic) bond motifs is 1. The van der Waals surface area contributed by atoms with E-state index in [0.29, 0.717) is 0 Å². The van der Waals surface area contributed by atoms with E-state index in [1.807, 2.05) is 26.0 Å². The van der Waals surface area contributed by atoms with Crippen molar-refractivity contribution in [3.8, 4) is 11.5 Å². The molecule has 1 aromatic rings. The molecule has 1 atom stereocenters. The highest BCUT2D eigenvalue weighted by Gasteiger charge is 2.16. The lowest BCUT2D eigenvalue weighted by atomic mass is 10.0. The summed E-state index contributed by atoms with van der Waals surface area (Å²) in [5.41, 5.74) is 8.12. The van der Waals surface area contributed by atoms with Gasteiger partial charge in [0, 0.05) is 12.5 Å². The van der Waals surface area contributed by atoms with Gasteiger partial charge in [-0.2, -0.15) is 0 Å². The molecule has 0 saturated heterocycles. The number of ether oxygens (including phenoxy) is 2. The lowest BCUT2D eigenvalue weighted by molar-refractivity contribution is 0.296. The normalized spacial score (nSPS) is 17.0. The second-order valence-electron chi connectivity index (χ2n) is 3.95. The van der Waals surface area contributed by atoms with Crippen LogP contribution in [0.4, 0.5) is 0 Å². The molecular weight excluding hydrogens is 190 g/mol. The smallest absolute Gasteiger partial charge is 0.164 e. The van der Waals surface area contributed by atoms with Crippen LogP contribution in [0.5, 0.6) is 11.5 Å². The maximum absolute atomic E-state index is 5.89. The van der Waals surface area contributed by atoms with Crippen LogP contribution in [-0.2, 0) is 0 Å². The van der Waals surface area contributed by atoms with Gasteiger partial charge in [-0.15, -0.1) is 0 Å². The number of nitrogens with two attached hydrogens (primary N) is 1. The van der Waals surface area contributed by atoms with E-state index in [-0.39, 0.29) is 6.04 Å². The van der Waals surface area contributed by atoms with Gasteiger partial charge in [0.1, 0.15) is 0 Å². The number of hydrogen-bond donors (Lipinski definition) is 1. The van der Waals surface area contributed by atoms with Crippen molar-refractivity contribution in [3.63, 3.8) is 0 Å². The Morgan fingerprint density at radius 3 is 2.73 bits per heavy atom. The first-order chi connectivity index (χ1) is 7.20. The highest BCUT2D eigenvalue weighted by molar-refractivity contribution is 5.51. The Morgan fingerprint density at radius 2 is 2.00 bits per heavy atom. The molecule has 0 amide bonds. The molecule has 3 heteroatoms. The zero-order chi connectivity index (χ0) is 10.8. The monoisotopic (exact) mass is 207 g/mol. The third-order valence-corrected chi connectivity index (χ3v) is 2.69. The zero-order valence-corrected chi connectivity index (χ0v) is 9.25. The van der Waals surface area contributed by atoms with E-state index in [1.165, 1.54) is 0 Å². The van der Waals surface area contributed by atoms with Crippen LogP contribution in [-0.4, -0.2) is 13.2 Å². The van der Waals surface area contributed by atoms with Crippen molar-refractivity contribution in [1.82, 2.24) is 0 Å². The van der Waals surface area contributed by atoms with Crippen LogP contribution in [0.1, 0.15) is 30.5 Å². The molecule has 1 aliphatic heterocycles. The van der Waals surface area contributed by atoms with Crippen molar-refractivity contribution in [2.24, 2.45) is 5.73 Å². The standard InChI is InChI=1S/C12H17NO2/c1-8-10(9(2)13)4-5-11-12(8)15-7-3-6-14-11/h4-5,9H,3,6-7,13H2,1-2H3. The fraction of sp³-hybridized carbons (Fsp3) is 0.500. The molecule has 0 fully saturated rings. The molecule has 0 radical (unpaired) electrons. The van der Waals surface area contributed by atoms with Gasteiger partial charge in [-0.05, 0) is 31.0 Å². The molecule has 15 heavy (non-hydrogen) atoms. The molecule has 3 nitrogen and oxygen atoms in total. The fourth-order valence-electron chi connectivity index (χ4n) is 1.88. The van der Waals surface area contributed by atoms with Gasteiger partial charge in [0.15, 0.2) is 11.5 Å². The first kappa shape index (κ1) is 10.3. The van der Waals surface area contributed by atoms with E-state index < -0.39 is 0 Å². The number of benzene rings is 1. The molecule has 1 unspecified atom stereocenters. The minimum Gasteiger partial charge on any atom is -0.490 e. The summed E-state index contributed by atoms with van der Waals surface area (Å²) in [6.07, 6.45) is 0.932. The van der Waals surface area contributed by atoms with Crippen LogP contribution in [0, 0.1) is 6.92 Å². The Kier molecular flexibility index (Phi) is 2.82. The van der Waals surface area contributed by atoms with Crippen molar-refractivity contribution >= 4 is 0 Å². The average molecular weight is 207 g/mol. The Labute approximate surface area is 90.2 Å². The number of rotatable bonds is 1. The van der Waals surface area contributed by atoms with E-state index >= 15 is 0 Å². The average Bonchev–Trinajstić information content (AvgIpc) is 2.43. The van der Waals surface area contributed by atoms with Crippen molar-refractivity contribution in [3.05, 3.63) is 23.3 Å². The SMILES string of the molecule is Cc1c(C(C)N)ccc2c1OCCCO2. The Hall–Kier alpha value is -1.22. The molecular formula is C12H17NO2. The van der Waals surface area contributed by atoms with Crippen LogP contribution in [0.15, 0.2) is 12.1 Å². The molecule has 0 aromatic heterocycles. The Bertz CT molecular complexity index is 361. The van der Waals surface area contributed by atoms with Crippen molar-refractivity contribution in [2.75, 3.05) is 13.2 Å². The minimum absolute atomic E-state index is 0.0298. The highest BCUT2D eigenvalue weighted by atomic mass is 16.5. The fourth-order valence-corrected chi connectivity index (χ4v) is 1.88. The quantitative estimate of drug-likeness (QED) is 0.767. The maximum Gasteiger partial charge on any atom is 0.164 e. The largest absolute Gasteiger partial charge is 0.490 e. The van der Waals surface area contributed by atoms with Gasteiger partial charge >= 0.3 is 0 Å². The topological polar surface area (TPSA) is 44.5 Å². The first-order valence-corrected chi connectivity index (χ1v) is 5.35. The molecule has 2 rings (SSSR count). The summed E-state index contributed by atoms with van der Waals surface area (Å²) >= 11 is 0. The molecule has 1 aromatic carbocycles. The molecule has 2 N–H and O–H groups in total. The molecule has 82 valence electrons. The highest BCUT2D eigenvalue weighted by Crippen LogP contribution is 2.36. The van der Waals surface area contributed by atoms with Crippen LogP contribution >= 0.6 is 0 Å². The Balaban J connectivity index is 2.46. The summed E-state index contributed by atoms with van der Waals surface area (Å²) in [6, 6.07) is 4.00. The van der Waals surface area contributed by atoms with E-state index in [1.54, 1.807) is 0 Å². The first-order valence-electron chi connectivity index (χ1n) is 5.35. The summed E-state index contributed by atoms with van der Waals surface area (Å²) in [7, 11) is 0. The van der Waals surface area contributed by atoms with Gasteiger partial charge in [-0.3, -0.25) is 0 Å². The van der Waals surface area contributed by atoms with E-state index in [0.717, 1.165) is 42.3 Å². The predicted molar refractivity (Wildman–Crippen MR) is 59.4 cm³/mol.